The fraction of sp³-hybridized carbons (Fsp3) is 0.333. The monoisotopic (exact) mass is 275 g/mol. The Balaban J connectivity index is 2.36. The number of aryl methyl sites for hydroxylation is 1. The van der Waals surface area contributed by atoms with Crippen LogP contribution in [-0.4, -0.2) is 9.97 Å². The zero-order chi connectivity index (χ0) is 14.7. The molecular formula is C15H18FN3O. The summed E-state index contributed by atoms with van der Waals surface area (Å²) in [7, 11) is 0. The Labute approximate surface area is 117 Å². The second-order valence-corrected chi connectivity index (χ2v) is 4.89. The maximum atomic E-state index is 13.9. The molecule has 5 heteroatoms. The molecule has 0 atom stereocenters. The number of rotatable bonds is 4. The van der Waals surface area contributed by atoms with Gasteiger partial charge in [0.15, 0.2) is 17.3 Å². The van der Waals surface area contributed by atoms with Crippen molar-refractivity contribution in [2.45, 2.75) is 33.2 Å². The number of halogens is 1. The van der Waals surface area contributed by atoms with E-state index < -0.39 is 0 Å². The lowest BCUT2D eigenvalue weighted by Gasteiger charge is -2.12. The molecule has 0 aliphatic heterocycles. The smallest absolute Gasteiger partial charge is 0.168 e. The third-order valence-corrected chi connectivity index (χ3v) is 2.93. The van der Waals surface area contributed by atoms with E-state index in [1.54, 1.807) is 31.3 Å². The molecule has 0 unspecified atom stereocenters. The van der Waals surface area contributed by atoms with Crippen LogP contribution in [0, 0.1) is 12.7 Å². The first-order chi connectivity index (χ1) is 9.52. The number of ether oxygens (including phenoxy) is 1. The second kappa shape index (κ2) is 5.96. The Morgan fingerprint density at radius 3 is 2.70 bits per heavy atom. The first-order valence-electron chi connectivity index (χ1n) is 6.51. The molecule has 2 N–H and O–H groups in total. The molecule has 0 spiro atoms. The van der Waals surface area contributed by atoms with Gasteiger partial charge in [0.25, 0.3) is 0 Å². The molecule has 0 saturated heterocycles. The van der Waals surface area contributed by atoms with E-state index in [0.717, 1.165) is 0 Å². The van der Waals surface area contributed by atoms with Gasteiger partial charge in [-0.15, -0.1) is 0 Å². The zero-order valence-electron chi connectivity index (χ0n) is 11.9. The van der Waals surface area contributed by atoms with Crippen LogP contribution in [0.4, 0.5) is 4.39 Å². The van der Waals surface area contributed by atoms with Crippen LogP contribution >= 0.6 is 0 Å². The van der Waals surface area contributed by atoms with Crippen molar-refractivity contribution in [1.29, 1.82) is 0 Å². The van der Waals surface area contributed by atoms with Gasteiger partial charge in [-0.05, 0) is 18.6 Å². The molecule has 1 aromatic carbocycles. The Morgan fingerprint density at radius 2 is 2.05 bits per heavy atom. The summed E-state index contributed by atoms with van der Waals surface area (Å²) in [6.45, 7) is 5.89. The van der Waals surface area contributed by atoms with E-state index in [2.05, 4.69) is 9.97 Å². The van der Waals surface area contributed by atoms with Crippen molar-refractivity contribution in [3.8, 4) is 11.5 Å². The topological polar surface area (TPSA) is 61.0 Å². The van der Waals surface area contributed by atoms with Crippen LogP contribution in [-0.2, 0) is 6.54 Å². The van der Waals surface area contributed by atoms with E-state index >= 15 is 0 Å². The molecule has 0 aliphatic rings. The molecule has 1 heterocycles. The summed E-state index contributed by atoms with van der Waals surface area (Å²) in [5.41, 5.74) is 6.78. The van der Waals surface area contributed by atoms with Gasteiger partial charge in [0, 0.05) is 12.5 Å². The van der Waals surface area contributed by atoms with E-state index in [4.69, 9.17) is 10.5 Å². The Hall–Kier alpha value is -2.01. The molecular weight excluding hydrogens is 257 g/mol. The molecule has 0 saturated carbocycles. The predicted octanol–water partition coefficient (Wildman–Crippen LogP) is 3.30. The van der Waals surface area contributed by atoms with Crippen molar-refractivity contribution in [2.24, 2.45) is 5.73 Å². The Morgan fingerprint density at radius 1 is 1.30 bits per heavy atom. The van der Waals surface area contributed by atoms with E-state index in [1.165, 1.54) is 0 Å². The standard InChI is InChI=1S/C15H18FN3O/c1-9(2)15-18-8-13(11(7-17)19-15)20-12-6-4-5-10(3)14(12)16/h4-6,8-9H,7,17H2,1-3H3. The van der Waals surface area contributed by atoms with Gasteiger partial charge in [-0.3, -0.25) is 0 Å². The summed E-state index contributed by atoms with van der Waals surface area (Å²) in [4.78, 5) is 8.58. The number of benzene rings is 1. The van der Waals surface area contributed by atoms with Gasteiger partial charge in [-0.2, -0.15) is 0 Å². The SMILES string of the molecule is Cc1cccc(Oc2cnc(C(C)C)nc2CN)c1F. The van der Waals surface area contributed by atoms with Crippen LogP contribution in [0.2, 0.25) is 0 Å². The van der Waals surface area contributed by atoms with Crippen molar-refractivity contribution in [3.63, 3.8) is 0 Å². The molecule has 1 aromatic heterocycles. The minimum Gasteiger partial charge on any atom is -0.451 e. The van der Waals surface area contributed by atoms with Crippen LogP contribution in [0.3, 0.4) is 0 Å². The molecule has 20 heavy (non-hydrogen) atoms. The van der Waals surface area contributed by atoms with Crippen LogP contribution in [0.25, 0.3) is 0 Å². The molecule has 0 aliphatic carbocycles. The first-order valence-corrected chi connectivity index (χ1v) is 6.51. The molecule has 2 aromatic rings. The molecule has 4 nitrogen and oxygen atoms in total. The fourth-order valence-electron chi connectivity index (χ4n) is 1.75. The fourth-order valence-corrected chi connectivity index (χ4v) is 1.75. The molecule has 0 bridgehead atoms. The average Bonchev–Trinajstić information content (AvgIpc) is 2.44. The quantitative estimate of drug-likeness (QED) is 0.930. The minimum atomic E-state index is -0.386. The molecule has 0 fully saturated rings. The predicted molar refractivity (Wildman–Crippen MR) is 75.2 cm³/mol. The van der Waals surface area contributed by atoms with E-state index in [-0.39, 0.29) is 24.0 Å². The molecule has 106 valence electrons. The number of hydrogen-bond acceptors (Lipinski definition) is 4. The van der Waals surface area contributed by atoms with Gasteiger partial charge >= 0.3 is 0 Å². The summed E-state index contributed by atoms with van der Waals surface area (Å²) in [5.74, 6) is 1.05. The Bertz CT molecular complexity index is 614. The van der Waals surface area contributed by atoms with E-state index in [9.17, 15) is 4.39 Å². The average molecular weight is 275 g/mol. The van der Waals surface area contributed by atoms with Gasteiger partial charge in [0.05, 0.1) is 6.20 Å². The molecule has 0 radical (unpaired) electrons. The van der Waals surface area contributed by atoms with Gasteiger partial charge in [0.2, 0.25) is 0 Å². The Kier molecular flexibility index (Phi) is 4.29. The maximum Gasteiger partial charge on any atom is 0.168 e. The highest BCUT2D eigenvalue weighted by atomic mass is 19.1. The van der Waals surface area contributed by atoms with Crippen LogP contribution in [0.5, 0.6) is 11.5 Å². The maximum absolute atomic E-state index is 13.9. The lowest BCUT2D eigenvalue weighted by atomic mass is 10.2. The molecule has 0 amide bonds. The number of aromatic nitrogens is 2. The van der Waals surface area contributed by atoms with Crippen LogP contribution in [0.1, 0.15) is 36.8 Å². The third kappa shape index (κ3) is 2.93. The second-order valence-electron chi connectivity index (χ2n) is 4.89. The summed E-state index contributed by atoms with van der Waals surface area (Å²) >= 11 is 0. The normalized spacial score (nSPS) is 10.9. The zero-order valence-corrected chi connectivity index (χ0v) is 11.9. The summed E-state index contributed by atoms with van der Waals surface area (Å²) in [6, 6.07) is 4.99. The van der Waals surface area contributed by atoms with Crippen molar-refractivity contribution in [1.82, 2.24) is 9.97 Å². The minimum absolute atomic E-state index is 0.153. The summed E-state index contributed by atoms with van der Waals surface area (Å²) in [5, 5.41) is 0. The highest BCUT2D eigenvalue weighted by Crippen LogP contribution is 2.28. The third-order valence-electron chi connectivity index (χ3n) is 2.93. The summed E-state index contributed by atoms with van der Waals surface area (Å²) in [6.07, 6.45) is 1.55. The number of nitrogens with zero attached hydrogens (tertiary/aromatic N) is 2. The molecule has 2 rings (SSSR count). The largest absolute Gasteiger partial charge is 0.451 e. The lowest BCUT2D eigenvalue weighted by Crippen LogP contribution is -2.08. The van der Waals surface area contributed by atoms with E-state index in [1.807, 2.05) is 13.8 Å². The lowest BCUT2D eigenvalue weighted by molar-refractivity contribution is 0.429. The van der Waals surface area contributed by atoms with Gasteiger partial charge in [-0.1, -0.05) is 26.0 Å². The van der Waals surface area contributed by atoms with Crippen LogP contribution in [0.15, 0.2) is 24.4 Å². The number of hydrogen-bond donors (Lipinski definition) is 1. The van der Waals surface area contributed by atoms with Gasteiger partial charge < -0.3 is 10.5 Å². The van der Waals surface area contributed by atoms with Crippen molar-refractivity contribution in [2.75, 3.05) is 0 Å². The van der Waals surface area contributed by atoms with Crippen molar-refractivity contribution in [3.05, 3.63) is 47.3 Å². The van der Waals surface area contributed by atoms with Crippen LogP contribution < -0.4 is 10.5 Å². The number of nitrogens with two attached hydrogens (primary N) is 1. The summed E-state index contributed by atoms with van der Waals surface area (Å²) < 4.78 is 19.5. The van der Waals surface area contributed by atoms with E-state index in [0.29, 0.717) is 22.8 Å². The van der Waals surface area contributed by atoms with Crippen molar-refractivity contribution < 1.29 is 9.13 Å². The van der Waals surface area contributed by atoms with Crippen molar-refractivity contribution >= 4 is 0 Å². The van der Waals surface area contributed by atoms with Gasteiger partial charge in [-0.25, -0.2) is 14.4 Å². The van der Waals surface area contributed by atoms with Gasteiger partial charge in [0.1, 0.15) is 11.5 Å². The highest BCUT2D eigenvalue weighted by Gasteiger charge is 2.13. The first kappa shape index (κ1) is 14.4. The highest BCUT2D eigenvalue weighted by molar-refractivity contribution is 5.36.